The van der Waals surface area contributed by atoms with Crippen molar-refractivity contribution >= 4 is 39.5 Å². The minimum atomic E-state index is -4.97. The van der Waals surface area contributed by atoms with Crippen molar-refractivity contribution in [2.24, 2.45) is 17.8 Å². The van der Waals surface area contributed by atoms with E-state index in [-0.39, 0.29) is 25.7 Å². The Balaban J connectivity index is 5.22. The highest BCUT2D eigenvalue weighted by Crippen LogP contribution is 2.45. The lowest BCUT2D eigenvalue weighted by molar-refractivity contribution is -0.161. The van der Waals surface area contributed by atoms with Gasteiger partial charge in [0.25, 0.3) is 0 Å². The number of phosphoric ester groups is 2. The number of ether oxygens (including phenoxy) is 4. The number of hydrogen-bond acceptors (Lipinski definition) is 15. The van der Waals surface area contributed by atoms with Crippen molar-refractivity contribution in [1.29, 1.82) is 0 Å². The first kappa shape index (κ1) is 102. The van der Waals surface area contributed by atoms with Crippen LogP contribution in [-0.4, -0.2) is 96.7 Å². The number of rotatable bonds is 83. The molecule has 0 saturated heterocycles. The Bertz CT molecular complexity index is 2010. The predicted molar refractivity (Wildman–Crippen MR) is 428 cm³/mol. The van der Waals surface area contributed by atoms with Gasteiger partial charge in [-0.05, 0) is 43.4 Å². The molecule has 0 aliphatic carbocycles. The normalized spacial score (nSPS) is 13.9. The first-order chi connectivity index (χ1) is 50.2. The fourth-order valence-electron chi connectivity index (χ4n) is 13.2. The summed E-state index contributed by atoms with van der Waals surface area (Å²) in [5, 5.41) is 10.7. The van der Waals surface area contributed by atoms with Gasteiger partial charge in [0, 0.05) is 25.7 Å². The van der Waals surface area contributed by atoms with Gasteiger partial charge in [0.15, 0.2) is 12.2 Å². The summed E-state index contributed by atoms with van der Waals surface area (Å²) in [7, 11) is -9.93. The summed E-state index contributed by atoms with van der Waals surface area (Å²) >= 11 is 0. The monoisotopic (exact) mass is 1520 g/mol. The molecule has 0 aliphatic heterocycles. The molecule has 0 rings (SSSR count). The number of hydrogen-bond donors (Lipinski definition) is 3. The third kappa shape index (κ3) is 78.2. The number of unbranched alkanes of at least 4 members (excludes halogenated alkanes) is 51. The predicted octanol–water partition coefficient (Wildman–Crippen LogP) is 25.7. The minimum absolute atomic E-state index is 0.106. The highest BCUT2D eigenvalue weighted by molar-refractivity contribution is 7.47. The van der Waals surface area contributed by atoms with Crippen molar-refractivity contribution in [2.75, 3.05) is 39.6 Å². The highest BCUT2D eigenvalue weighted by Gasteiger charge is 2.30. The van der Waals surface area contributed by atoms with Crippen molar-refractivity contribution in [3.8, 4) is 0 Å². The number of esters is 4. The SMILES string of the molecule is CCCCCCCCCCCCCCCCCCCCCCCC(=O)O[C@H](COC(=O)CCCCCCCCCCCCCCCCCCC(C)C)COP(=O)(O)OC[C@@H](O)COP(=O)(O)OC[C@@H](COC(=O)CCCCCCCCCC(C)C)OC(=O)CCCCCCCCCCCCCC(C)C. The van der Waals surface area contributed by atoms with Crippen LogP contribution in [0.4, 0.5) is 0 Å². The number of carbonyl (C=O) groups excluding carboxylic acids is 4. The second-order valence-corrected chi connectivity index (χ2v) is 34.9. The number of phosphoric acid groups is 2. The topological polar surface area (TPSA) is 237 Å². The summed E-state index contributed by atoms with van der Waals surface area (Å²) in [5.74, 6) is 0.175. The van der Waals surface area contributed by atoms with Crippen LogP contribution < -0.4 is 0 Å². The van der Waals surface area contributed by atoms with E-state index in [2.05, 4.69) is 48.5 Å². The molecule has 0 heterocycles. The molecule has 5 atom stereocenters. The molecule has 618 valence electrons. The molecule has 0 fully saturated rings. The van der Waals surface area contributed by atoms with Gasteiger partial charge in [0.05, 0.1) is 26.4 Å². The Kier molecular flexibility index (Phi) is 73.7. The van der Waals surface area contributed by atoms with Crippen molar-refractivity contribution in [1.82, 2.24) is 0 Å². The molecule has 2 unspecified atom stereocenters. The third-order valence-electron chi connectivity index (χ3n) is 19.9. The van der Waals surface area contributed by atoms with Crippen molar-refractivity contribution in [2.45, 2.75) is 465 Å². The van der Waals surface area contributed by atoms with E-state index in [9.17, 15) is 43.2 Å². The van der Waals surface area contributed by atoms with E-state index in [1.807, 2.05) is 0 Å². The molecule has 0 amide bonds. The van der Waals surface area contributed by atoms with Crippen LogP contribution in [0.15, 0.2) is 0 Å². The van der Waals surface area contributed by atoms with Gasteiger partial charge in [-0.1, -0.05) is 395 Å². The maximum Gasteiger partial charge on any atom is 0.472 e. The van der Waals surface area contributed by atoms with Gasteiger partial charge in [-0.15, -0.1) is 0 Å². The Labute approximate surface area is 638 Å². The first-order valence-corrected chi connectivity index (χ1v) is 46.8. The molecular weight excluding hydrogens is 1350 g/mol. The van der Waals surface area contributed by atoms with Crippen molar-refractivity contribution < 1.29 is 80.2 Å². The van der Waals surface area contributed by atoms with Crippen molar-refractivity contribution in [3.05, 3.63) is 0 Å². The number of aliphatic hydroxyl groups is 1. The smallest absolute Gasteiger partial charge is 0.462 e. The molecule has 104 heavy (non-hydrogen) atoms. The molecule has 0 saturated carbocycles. The van der Waals surface area contributed by atoms with E-state index in [4.69, 9.17) is 37.0 Å². The van der Waals surface area contributed by atoms with E-state index in [0.29, 0.717) is 31.6 Å². The molecule has 0 aromatic rings. The summed E-state index contributed by atoms with van der Waals surface area (Å²) in [4.78, 5) is 73.1. The molecular formula is C85H166O17P2. The van der Waals surface area contributed by atoms with E-state index < -0.39 is 97.5 Å². The summed E-state index contributed by atoms with van der Waals surface area (Å²) in [6.07, 6.45) is 65.5. The average Bonchev–Trinajstić information content (AvgIpc) is 1.01. The van der Waals surface area contributed by atoms with Crippen LogP contribution in [0.3, 0.4) is 0 Å². The molecule has 0 bridgehead atoms. The van der Waals surface area contributed by atoms with Gasteiger partial charge >= 0.3 is 39.5 Å². The lowest BCUT2D eigenvalue weighted by Crippen LogP contribution is -2.30. The Morgan fingerprint density at radius 1 is 0.260 bits per heavy atom. The second-order valence-electron chi connectivity index (χ2n) is 32.0. The van der Waals surface area contributed by atoms with Crippen LogP contribution in [0.2, 0.25) is 0 Å². The molecule has 0 spiro atoms. The Morgan fingerprint density at radius 2 is 0.442 bits per heavy atom. The number of carbonyl (C=O) groups is 4. The van der Waals surface area contributed by atoms with Gasteiger partial charge in [-0.3, -0.25) is 37.3 Å². The van der Waals surface area contributed by atoms with Gasteiger partial charge in [-0.2, -0.15) is 0 Å². The number of aliphatic hydroxyl groups excluding tert-OH is 1. The summed E-state index contributed by atoms with van der Waals surface area (Å²) < 4.78 is 68.8. The molecule has 0 radical (unpaired) electrons. The molecule has 19 heteroatoms. The van der Waals surface area contributed by atoms with Crippen LogP contribution >= 0.6 is 15.6 Å². The minimum Gasteiger partial charge on any atom is -0.462 e. The van der Waals surface area contributed by atoms with Crippen LogP contribution in [0.25, 0.3) is 0 Å². The Hall–Kier alpha value is -1.94. The Morgan fingerprint density at radius 3 is 0.654 bits per heavy atom. The van der Waals surface area contributed by atoms with Crippen LogP contribution in [0.5, 0.6) is 0 Å². The van der Waals surface area contributed by atoms with Crippen molar-refractivity contribution in [3.63, 3.8) is 0 Å². The molecule has 3 N–H and O–H groups in total. The third-order valence-corrected chi connectivity index (χ3v) is 21.8. The van der Waals surface area contributed by atoms with Crippen LogP contribution in [0, 0.1) is 17.8 Å². The maximum absolute atomic E-state index is 13.1. The fraction of sp³-hybridized carbons (Fsp3) is 0.953. The maximum atomic E-state index is 13.1. The quantitative estimate of drug-likeness (QED) is 0.0222. The first-order valence-electron chi connectivity index (χ1n) is 43.8. The van der Waals surface area contributed by atoms with Crippen LogP contribution in [-0.2, 0) is 65.4 Å². The molecule has 17 nitrogen and oxygen atoms in total. The lowest BCUT2D eigenvalue weighted by atomic mass is 10.0. The largest absolute Gasteiger partial charge is 0.472 e. The molecule has 0 aromatic carbocycles. The summed E-state index contributed by atoms with van der Waals surface area (Å²) in [5.41, 5.74) is 0. The van der Waals surface area contributed by atoms with E-state index in [0.717, 1.165) is 108 Å². The van der Waals surface area contributed by atoms with Gasteiger partial charge < -0.3 is 33.8 Å². The van der Waals surface area contributed by atoms with E-state index in [1.54, 1.807) is 0 Å². The highest BCUT2D eigenvalue weighted by atomic mass is 31.2. The molecule has 0 aliphatic rings. The zero-order valence-electron chi connectivity index (χ0n) is 68.5. The molecule has 0 aromatic heterocycles. The zero-order chi connectivity index (χ0) is 76.5. The van der Waals surface area contributed by atoms with Gasteiger partial charge in [-0.25, -0.2) is 9.13 Å². The summed E-state index contributed by atoms with van der Waals surface area (Å²) in [6, 6.07) is 0. The van der Waals surface area contributed by atoms with Gasteiger partial charge in [0.2, 0.25) is 0 Å². The van der Waals surface area contributed by atoms with Gasteiger partial charge in [0.1, 0.15) is 19.3 Å². The van der Waals surface area contributed by atoms with E-state index in [1.165, 1.54) is 250 Å². The average molecular weight is 1520 g/mol. The lowest BCUT2D eigenvalue weighted by Gasteiger charge is -2.21. The second kappa shape index (κ2) is 75.1. The van der Waals surface area contributed by atoms with E-state index >= 15 is 0 Å². The standard InChI is InChI=1S/C85H166O17P2/c1-8-9-10-11-12-13-14-15-16-17-18-19-20-21-26-29-34-39-46-54-61-68-84(89)101-80(72-95-82(87)66-59-52-45-38-33-28-25-23-22-24-27-31-36-42-49-56-63-76(2)3)74-99-103(91,92)97-70-79(86)71-98-104(93,94)100-75-81(73-96-83(88)67-60-53-48-41-44-51-58-65-78(6)7)102-85(90)69-62-55-47-40-35-30-32-37-43-50-57-64-77(4)5/h76-81,86H,8-75H2,1-7H3,(H,91,92)(H,93,94)/t79-,80-,81-/m1/s1. The van der Waals surface area contributed by atoms with Crippen LogP contribution in [0.1, 0.15) is 447 Å². The summed E-state index contributed by atoms with van der Waals surface area (Å²) in [6.45, 7) is 11.9. The fourth-order valence-corrected chi connectivity index (χ4v) is 14.8. The zero-order valence-corrected chi connectivity index (χ0v) is 70.3.